The zero-order chi connectivity index (χ0) is 19.3. The van der Waals surface area contributed by atoms with Crippen LogP contribution in [-0.2, 0) is 11.0 Å². The molecule has 1 heterocycles. The minimum Gasteiger partial charge on any atom is -0.488 e. The number of aliphatic hydroxyl groups excluding tert-OH is 1. The summed E-state index contributed by atoms with van der Waals surface area (Å²) in [5.74, 6) is 0.701. The number of rotatable bonds is 7. The topological polar surface area (TPSA) is 68.7 Å². The van der Waals surface area contributed by atoms with Gasteiger partial charge in [-0.3, -0.25) is 4.79 Å². The Morgan fingerprint density at radius 3 is 2.27 bits per heavy atom. The number of hydrogen-bond donors (Lipinski definition) is 1. The van der Waals surface area contributed by atoms with E-state index in [1.54, 1.807) is 31.2 Å². The lowest BCUT2D eigenvalue weighted by atomic mass is 10.1. The Labute approximate surface area is 148 Å². The fourth-order valence-electron chi connectivity index (χ4n) is 2.07. The number of ether oxygens (including phenoxy) is 2. The Morgan fingerprint density at radius 2 is 1.77 bits per heavy atom. The molecule has 26 heavy (non-hydrogen) atoms. The quantitative estimate of drug-likeness (QED) is 0.799. The molecular weight excluding hydrogens is 351 g/mol. The third-order valence-corrected chi connectivity index (χ3v) is 3.47. The largest absolute Gasteiger partial charge is 0.488 e. The molecule has 0 bridgehead atoms. The predicted octanol–water partition coefficient (Wildman–Crippen LogP) is 4.00. The maximum atomic E-state index is 12.5. The summed E-state index contributed by atoms with van der Waals surface area (Å²) in [5, 5.41) is 9.82. The summed E-state index contributed by atoms with van der Waals surface area (Å²) in [7, 11) is 0. The average molecular weight is 369 g/mol. The third-order valence-electron chi connectivity index (χ3n) is 3.47. The molecule has 0 aliphatic carbocycles. The molecule has 5 nitrogen and oxygen atoms in total. The molecule has 0 amide bonds. The fourth-order valence-corrected chi connectivity index (χ4v) is 2.07. The van der Waals surface area contributed by atoms with Crippen molar-refractivity contribution in [2.45, 2.75) is 38.7 Å². The van der Waals surface area contributed by atoms with Crippen molar-refractivity contribution in [3.8, 4) is 17.4 Å². The highest BCUT2D eigenvalue weighted by molar-refractivity contribution is 5.76. The molecule has 0 fully saturated rings. The second kappa shape index (κ2) is 8.18. The highest BCUT2D eigenvalue weighted by Crippen LogP contribution is 2.30. The van der Waals surface area contributed by atoms with E-state index in [9.17, 15) is 23.1 Å². The van der Waals surface area contributed by atoms with E-state index in [0.717, 1.165) is 12.1 Å². The first-order valence-electron chi connectivity index (χ1n) is 7.80. The zero-order valence-corrected chi connectivity index (χ0v) is 14.2. The maximum absolute atomic E-state index is 12.5. The van der Waals surface area contributed by atoms with Crippen LogP contribution in [-0.4, -0.2) is 28.1 Å². The molecule has 1 aromatic carbocycles. The van der Waals surface area contributed by atoms with Gasteiger partial charge >= 0.3 is 6.18 Å². The minimum atomic E-state index is -4.45. The van der Waals surface area contributed by atoms with Crippen molar-refractivity contribution in [2.24, 2.45) is 0 Å². The highest BCUT2D eigenvalue weighted by atomic mass is 19.4. The van der Waals surface area contributed by atoms with Gasteiger partial charge in [0.15, 0.2) is 0 Å². The molecule has 2 unspecified atom stereocenters. The third kappa shape index (κ3) is 5.73. The number of pyridine rings is 1. The van der Waals surface area contributed by atoms with Gasteiger partial charge in [-0.05, 0) is 44.2 Å². The van der Waals surface area contributed by atoms with E-state index in [1.165, 1.54) is 6.92 Å². The van der Waals surface area contributed by atoms with Gasteiger partial charge in [-0.15, -0.1) is 0 Å². The number of carbonyl (C=O) groups excluding carboxylic acids is 1. The SMILES string of the molecule is CC(=O)CC(O)C(C)Oc1ccc(Oc2ccc(C(F)(F)F)cn2)cc1. The summed E-state index contributed by atoms with van der Waals surface area (Å²) in [6.45, 7) is 3.03. The maximum Gasteiger partial charge on any atom is 0.417 e. The van der Waals surface area contributed by atoms with Crippen LogP contribution in [0.2, 0.25) is 0 Å². The Kier molecular flexibility index (Phi) is 6.20. The highest BCUT2D eigenvalue weighted by Gasteiger charge is 2.30. The fraction of sp³-hybridized carbons (Fsp3) is 0.333. The van der Waals surface area contributed by atoms with Gasteiger partial charge in [0, 0.05) is 18.7 Å². The van der Waals surface area contributed by atoms with Crippen LogP contribution in [0.4, 0.5) is 13.2 Å². The van der Waals surface area contributed by atoms with Gasteiger partial charge in [-0.2, -0.15) is 13.2 Å². The number of ketones is 1. The lowest BCUT2D eigenvalue weighted by molar-refractivity contribution is -0.137. The van der Waals surface area contributed by atoms with Crippen LogP contribution in [0.3, 0.4) is 0 Å². The molecule has 0 radical (unpaired) electrons. The van der Waals surface area contributed by atoms with Crippen molar-refractivity contribution in [1.29, 1.82) is 0 Å². The molecule has 0 aliphatic rings. The summed E-state index contributed by atoms with van der Waals surface area (Å²) < 4.78 is 48.4. The molecule has 1 N–H and O–H groups in total. The van der Waals surface area contributed by atoms with Gasteiger partial charge < -0.3 is 14.6 Å². The molecular formula is C18H18F3NO4. The lowest BCUT2D eigenvalue weighted by Gasteiger charge is -2.19. The number of nitrogens with zero attached hydrogens (tertiary/aromatic N) is 1. The first kappa shape index (κ1) is 19.7. The average Bonchev–Trinajstić information content (AvgIpc) is 2.55. The molecule has 8 heteroatoms. The summed E-state index contributed by atoms with van der Waals surface area (Å²) >= 11 is 0. The van der Waals surface area contributed by atoms with Gasteiger partial charge in [-0.25, -0.2) is 4.98 Å². The van der Waals surface area contributed by atoms with Gasteiger partial charge in [0.05, 0.1) is 11.7 Å². The first-order valence-corrected chi connectivity index (χ1v) is 7.80. The van der Waals surface area contributed by atoms with E-state index in [4.69, 9.17) is 9.47 Å². The molecule has 2 aromatic rings. The van der Waals surface area contributed by atoms with E-state index in [1.807, 2.05) is 0 Å². The molecule has 2 atom stereocenters. The number of aromatic nitrogens is 1. The number of carbonyl (C=O) groups is 1. The van der Waals surface area contributed by atoms with Crippen LogP contribution >= 0.6 is 0 Å². The van der Waals surface area contributed by atoms with Crippen molar-refractivity contribution in [1.82, 2.24) is 4.98 Å². The van der Waals surface area contributed by atoms with Crippen molar-refractivity contribution >= 4 is 5.78 Å². The van der Waals surface area contributed by atoms with E-state index in [2.05, 4.69) is 4.98 Å². The van der Waals surface area contributed by atoms with Crippen LogP contribution < -0.4 is 9.47 Å². The summed E-state index contributed by atoms with van der Waals surface area (Å²) in [6.07, 6.45) is -5.25. The van der Waals surface area contributed by atoms with Crippen LogP contribution in [0, 0.1) is 0 Å². The van der Waals surface area contributed by atoms with Crippen molar-refractivity contribution in [3.05, 3.63) is 48.2 Å². The van der Waals surface area contributed by atoms with Gasteiger partial charge in [-0.1, -0.05) is 0 Å². The Morgan fingerprint density at radius 1 is 1.15 bits per heavy atom. The molecule has 0 aliphatic heterocycles. The summed E-state index contributed by atoms with van der Waals surface area (Å²) in [6, 6.07) is 8.29. The summed E-state index contributed by atoms with van der Waals surface area (Å²) in [4.78, 5) is 14.6. The standard InChI is InChI=1S/C18H18F3NO4/c1-11(23)9-16(24)12(2)25-14-4-6-15(7-5-14)26-17-8-3-13(10-22-17)18(19,20)21/h3-8,10,12,16,24H,9H2,1-2H3. The van der Waals surface area contributed by atoms with E-state index < -0.39 is 23.9 Å². The number of benzene rings is 1. The van der Waals surface area contributed by atoms with Crippen molar-refractivity contribution in [2.75, 3.05) is 0 Å². The van der Waals surface area contributed by atoms with Gasteiger partial charge in [0.2, 0.25) is 5.88 Å². The molecule has 0 saturated carbocycles. The van der Waals surface area contributed by atoms with Crippen LogP contribution in [0.5, 0.6) is 17.4 Å². The number of aliphatic hydroxyl groups is 1. The lowest BCUT2D eigenvalue weighted by Crippen LogP contribution is -2.30. The smallest absolute Gasteiger partial charge is 0.417 e. The van der Waals surface area contributed by atoms with Crippen LogP contribution in [0.15, 0.2) is 42.6 Å². The second-order valence-electron chi connectivity index (χ2n) is 5.75. The van der Waals surface area contributed by atoms with E-state index >= 15 is 0 Å². The van der Waals surface area contributed by atoms with Gasteiger partial charge in [0.25, 0.3) is 0 Å². The van der Waals surface area contributed by atoms with Crippen LogP contribution in [0.25, 0.3) is 0 Å². The molecule has 0 saturated heterocycles. The van der Waals surface area contributed by atoms with E-state index in [0.29, 0.717) is 17.7 Å². The number of hydrogen-bond acceptors (Lipinski definition) is 5. The Balaban J connectivity index is 1.96. The van der Waals surface area contributed by atoms with Crippen molar-refractivity contribution in [3.63, 3.8) is 0 Å². The van der Waals surface area contributed by atoms with E-state index in [-0.39, 0.29) is 18.1 Å². The number of alkyl halides is 3. The normalized spacial score (nSPS) is 13.8. The molecule has 1 aromatic heterocycles. The van der Waals surface area contributed by atoms with Crippen LogP contribution in [0.1, 0.15) is 25.8 Å². The molecule has 2 rings (SSSR count). The molecule has 0 spiro atoms. The van der Waals surface area contributed by atoms with Gasteiger partial charge in [0.1, 0.15) is 23.4 Å². The van der Waals surface area contributed by atoms with Crippen molar-refractivity contribution < 1.29 is 32.5 Å². The Hall–Kier alpha value is -2.61. The monoisotopic (exact) mass is 369 g/mol. The first-order chi connectivity index (χ1) is 12.1. The minimum absolute atomic E-state index is 0.00194. The zero-order valence-electron chi connectivity index (χ0n) is 14.2. The molecule has 140 valence electrons. The second-order valence-corrected chi connectivity index (χ2v) is 5.75. The summed E-state index contributed by atoms with van der Waals surface area (Å²) in [5.41, 5.74) is -0.855. The number of halogens is 3. The predicted molar refractivity (Wildman–Crippen MR) is 87.1 cm³/mol. The Bertz CT molecular complexity index is 730. The number of Topliss-reactive ketones (excluding diaryl/α,β-unsaturated/α-hetero) is 1.